The fourth-order valence-electron chi connectivity index (χ4n) is 2.98. The van der Waals surface area contributed by atoms with E-state index in [0.717, 1.165) is 53.8 Å². The number of aryl methyl sites for hydroxylation is 1. The standard InChI is InChI=1S/C17H20N2O2/c1-3-19-17(20)15-7-5-4-6-14(15)16(18-19)12-8-10-13(21-2)11-9-12/h8-11H,3-7H2,1-2H3. The van der Waals surface area contributed by atoms with Gasteiger partial charge >= 0.3 is 0 Å². The first-order chi connectivity index (χ1) is 10.2. The van der Waals surface area contributed by atoms with E-state index in [-0.39, 0.29) is 5.56 Å². The zero-order valence-corrected chi connectivity index (χ0v) is 12.6. The average Bonchev–Trinajstić information content (AvgIpc) is 2.56. The molecule has 4 heteroatoms. The zero-order valence-electron chi connectivity index (χ0n) is 12.6. The smallest absolute Gasteiger partial charge is 0.270 e. The van der Waals surface area contributed by atoms with Crippen molar-refractivity contribution in [2.45, 2.75) is 39.2 Å². The summed E-state index contributed by atoms with van der Waals surface area (Å²) in [5.41, 5.74) is 4.19. The largest absolute Gasteiger partial charge is 0.497 e. The Kier molecular flexibility index (Phi) is 3.78. The second kappa shape index (κ2) is 5.72. The van der Waals surface area contributed by atoms with Gasteiger partial charge in [0.15, 0.2) is 0 Å². The molecule has 1 aliphatic carbocycles. The predicted octanol–water partition coefficient (Wildman–Crippen LogP) is 2.82. The third-order valence-corrected chi connectivity index (χ3v) is 4.13. The van der Waals surface area contributed by atoms with Crippen LogP contribution in [0.4, 0.5) is 0 Å². The fraction of sp³-hybridized carbons (Fsp3) is 0.412. The average molecular weight is 284 g/mol. The summed E-state index contributed by atoms with van der Waals surface area (Å²) >= 11 is 0. The van der Waals surface area contributed by atoms with E-state index in [2.05, 4.69) is 5.10 Å². The molecule has 0 fully saturated rings. The quantitative estimate of drug-likeness (QED) is 0.870. The molecule has 1 aliphatic rings. The Hall–Kier alpha value is -2.10. The first kappa shape index (κ1) is 13.9. The highest BCUT2D eigenvalue weighted by Gasteiger charge is 2.20. The van der Waals surface area contributed by atoms with Crippen LogP contribution in [0, 0.1) is 0 Å². The monoisotopic (exact) mass is 284 g/mol. The van der Waals surface area contributed by atoms with Crippen LogP contribution in [0.1, 0.15) is 30.9 Å². The number of aromatic nitrogens is 2. The molecule has 2 aromatic rings. The van der Waals surface area contributed by atoms with Crippen molar-refractivity contribution in [3.63, 3.8) is 0 Å². The van der Waals surface area contributed by atoms with E-state index in [1.165, 1.54) is 0 Å². The third-order valence-electron chi connectivity index (χ3n) is 4.13. The highest BCUT2D eigenvalue weighted by atomic mass is 16.5. The van der Waals surface area contributed by atoms with Gasteiger partial charge < -0.3 is 4.74 Å². The van der Waals surface area contributed by atoms with E-state index in [1.54, 1.807) is 11.8 Å². The normalized spacial score (nSPS) is 13.8. The van der Waals surface area contributed by atoms with E-state index in [1.807, 2.05) is 31.2 Å². The molecule has 0 saturated carbocycles. The van der Waals surface area contributed by atoms with E-state index in [9.17, 15) is 4.79 Å². The van der Waals surface area contributed by atoms with E-state index >= 15 is 0 Å². The molecular weight excluding hydrogens is 264 g/mol. The number of ether oxygens (including phenoxy) is 1. The lowest BCUT2D eigenvalue weighted by Gasteiger charge is -2.20. The zero-order chi connectivity index (χ0) is 14.8. The molecule has 21 heavy (non-hydrogen) atoms. The molecular formula is C17H20N2O2. The minimum atomic E-state index is 0.0875. The number of hydrogen-bond acceptors (Lipinski definition) is 3. The topological polar surface area (TPSA) is 44.1 Å². The van der Waals surface area contributed by atoms with Gasteiger partial charge in [-0.05, 0) is 62.4 Å². The molecule has 110 valence electrons. The molecule has 1 aromatic carbocycles. The fourth-order valence-corrected chi connectivity index (χ4v) is 2.98. The van der Waals surface area contributed by atoms with Gasteiger partial charge in [0.1, 0.15) is 5.75 Å². The summed E-state index contributed by atoms with van der Waals surface area (Å²) in [5.74, 6) is 0.830. The van der Waals surface area contributed by atoms with Crippen LogP contribution < -0.4 is 10.3 Å². The van der Waals surface area contributed by atoms with Crippen molar-refractivity contribution in [2.24, 2.45) is 0 Å². The number of fused-ring (bicyclic) bond motifs is 1. The van der Waals surface area contributed by atoms with Crippen molar-refractivity contribution < 1.29 is 4.74 Å². The Morgan fingerprint density at radius 3 is 2.43 bits per heavy atom. The maximum absolute atomic E-state index is 12.4. The van der Waals surface area contributed by atoms with Crippen LogP contribution in [-0.4, -0.2) is 16.9 Å². The second-order valence-electron chi connectivity index (χ2n) is 5.36. The van der Waals surface area contributed by atoms with Crippen LogP contribution in [0.25, 0.3) is 11.3 Å². The van der Waals surface area contributed by atoms with Gasteiger partial charge in [-0.1, -0.05) is 0 Å². The van der Waals surface area contributed by atoms with Crippen molar-refractivity contribution in [3.05, 3.63) is 45.7 Å². The molecule has 0 aliphatic heterocycles. The van der Waals surface area contributed by atoms with Crippen LogP contribution in [-0.2, 0) is 19.4 Å². The van der Waals surface area contributed by atoms with Gasteiger partial charge in [-0.25, -0.2) is 4.68 Å². The molecule has 0 amide bonds. The van der Waals surface area contributed by atoms with E-state index in [0.29, 0.717) is 6.54 Å². The minimum absolute atomic E-state index is 0.0875. The molecule has 3 rings (SSSR count). The predicted molar refractivity (Wildman–Crippen MR) is 82.8 cm³/mol. The van der Waals surface area contributed by atoms with Crippen molar-refractivity contribution in [1.29, 1.82) is 0 Å². The van der Waals surface area contributed by atoms with Crippen LogP contribution >= 0.6 is 0 Å². The van der Waals surface area contributed by atoms with Crippen LogP contribution in [0.5, 0.6) is 5.75 Å². The third kappa shape index (κ3) is 2.46. The SMILES string of the molecule is CCn1nc(-c2ccc(OC)cc2)c2c(c1=O)CCCC2. The van der Waals surface area contributed by atoms with Gasteiger partial charge in [-0.3, -0.25) is 4.79 Å². The summed E-state index contributed by atoms with van der Waals surface area (Å²) in [5, 5.41) is 4.59. The van der Waals surface area contributed by atoms with Crippen molar-refractivity contribution in [1.82, 2.24) is 9.78 Å². The summed E-state index contributed by atoms with van der Waals surface area (Å²) in [6, 6.07) is 7.91. The Morgan fingerprint density at radius 1 is 1.14 bits per heavy atom. The highest BCUT2D eigenvalue weighted by Crippen LogP contribution is 2.29. The molecule has 1 aromatic heterocycles. The van der Waals surface area contributed by atoms with Crippen LogP contribution in [0.2, 0.25) is 0 Å². The minimum Gasteiger partial charge on any atom is -0.497 e. The maximum atomic E-state index is 12.4. The van der Waals surface area contributed by atoms with Gasteiger partial charge in [0.05, 0.1) is 12.8 Å². The van der Waals surface area contributed by atoms with Gasteiger partial charge in [-0.15, -0.1) is 0 Å². The van der Waals surface area contributed by atoms with Gasteiger partial charge in [-0.2, -0.15) is 5.10 Å². The van der Waals surface area contributed by atoms with Gasteiger partial charge in [0, 0.05) is 17.7 Å². The Bertz CT molecular complexity index is 702. The number of methoxy groups -OCH3 is 1. The molecule has 0 unspecified atom stereocenters. The van der Waals surface area contributed by atoms with E-state index in [4.69, 9.17) is 4.74 Å². The Labute approximate surface area is 124 Å². The summed E-state index contributed by atoms with van der Waals surface area (Å²) in [4.78, 5) is 12.4. The molecule has 0 atom stereocenters. The van der Waals surface area contributed by atoms with Crippen LogP contribution in [0.15, 0.2) is 29.1 Å². The molecule has 0 N–H and O–H groups in total. The summed E-state index contributed by atoms with van der Waals surface area (Å²) < 4.78 is 6.79. The van der Waals surface area contributed by atoms with Gasteiger partial charge in [0.2, 0.25) is 0 Å². The highest BCUT2D eigenvalue weighted by molar-refractivity contribution is 5.65. The first-order valence-electron chi connectivity index (χ1n) is 7.52. The Balaban J connectivity index is 2.18. The number of nitrogens with zero attached hydrogens (tertiary/aromatic N) is 2. The lowest BCUT2D eigenvalue weighted by Crippen LogP contribution is -2.29. The van der Waals surface area contributed by atoms with Crippen molar-refractivity contribution in [3.8, 4) is 17.0 Å². The van der Waals surface area contributed by atoms with Crippen molar-refractivity contribution in [2.75, 3.05) is 7.11 Å². The molecule has 0 radical (unpaired) electrons. The molecule has 4 nitrogen and oxygen atoms in total. The van der Waals surface area contributed by atoms with E-state index < -0.39 is 0 Å². The number of hydrogen-bond donors (Lipinski definition) is 0. The molecule has 0 bridgehead atoms. The number of rotatable bonds is 3. The molecule has 0 spiro atoms. The summed E-state index contributed by atoms with van der Waals surface area (Å²) in [6.45, 7) is 2.57. The molecule has 1 heterocycles. The number of benzene rings is 1. The second-order valence-corrected chi connectivity index (χ2v) is 5.36. The van der Waals surface area contributed by atoms with Gasteiger partial charge in [0.25, 0.3) is 5.56 Å². The summed E-state index contributed by atoms with van der Waals surface area (Å²) in [7, 11) is 1.66. The lowest BCUT2D eigenvalue weighted by molar-refractivity contribution is 0.415. The Morgan fingerprint density at radius 2 is 1.81 bits per heavy atom. The molecule has 0 saturated heterocycles. The summed E-state index contributed by atoms with van der Waals surface area (Å²) in [6.07, 6.45) is 4.05. The van der Waals surface area contributed by atoms with Crippen LogP contribution in [0.3, 0.4) is 0 Å². The maximum Gasteiger partial charge on any atom is 0.270 e. The lowest BCUT2D eigenvalue weighted by atomic mass is 9.90. The van der Waals surface area contributed by atoms with Crippen molar-refractivity contribution >= 4 is 0 Å². The first-order valence-corrected chi connectivity index (χ1v) is 7.52.